The van der Waals surface area contributed by atoms with Gasteiger partial charge < -0.3 is 4.74 Å². The Morgan fingerprint density at radius 3 is 2.46 bits per heavy atom. The molecule has 1 fully saturated rings. The number of thioether (sulfide) groups is 1. The molecule has 6 heteroatoms. The number of nitrogens with zero attached hydrogens (tertiary/aromatic N) is 3. The van der Waals surface area contributed by atoms with Crippen LogP contribution >= 0.6 is 23.4 Å². The number of halogens is 1. The van der Waals surface area contributed by atoms with Crippen LogP contribution < -0.4 is 4.74 Å². The molecule has 1 heterocycles. The van der Waals surface area contributed by atoms with E-state index in [1.165, 1.54) is 25.7 Å². The number of ether oxygens (including phenoxy) is 1. The molecule has 1 aromatic heterocycles. The summed E-state index contributed by atoms with van der Waals surface area (Å²) in [6.07, 6.45) is 5.12. The zero-order valence-corrected chi connectivity index (χ0v) is 15.9. The maximum Gasteiger partial charge on any atom is 0.196 e. The monoisotopic (exact) mass is 385 g/mol. The summed E-state index contributed by atoms with van der Waals surface area (Å²) in [6, 6.07) is 17.6. The summed E-state index contributed by atoms with van der Waals surface area (Å²) in [5.41, 5.74) is 1.06. The van der Waals surface area contributed by atoms with E-state index >= 15 is 0 Å². The Morgan fingerprint density at radius 2 is 1.73 bits per heavy atom. The van der Waals surface area contributed by atoms with Crippen LogP contribution in [-0.2, 0) is 6.61 Å². The van der Waals surface area contributed by atoms with Gasteiger partial charge in [-0.05, 0) is 49.2 Å². The van der Waals surface area contributed by atoms with Crippen LogP contribution in [0.15, 0.2) is 59.8 Å². The molecule has 0 saturated heterocycles. The molecular weight excluding hydrogens is 366 g/mol. The Morgan fingerprint density at radius 1 is 1.00 bits per heavy atom. The third kappa shape index (κ3) is 4.05. The van der Waals surface area contributed by atoms with Gasteiger partial charge >= 0.3 is 0 Å². The molecule has 0 bridgehead atoms. The van der Waals surface area contributed by atoms with E-state index in [9.17, 15) is 0 Å². The summed E-state index contributed by atoms with van der Waals surface area (Å²) in [7, 11) is 0. The standard InChI is InChI=1S/C20H20ClN3OS/c21-15-10-12-17(13-11-15)25-14-19-22-23-20(26-18-8-4-5-9-18)24(19)16-6-2-1-3-7-16/h1-3,6-7,10-13,18H,4-5,8-9,14H2. The molecule has 2 aromatic carbocycles. The van der Waals surface area contributed by atoms with Crippen molar-refractivity contribution in [3.8, 4) is 11.4 Å². The molecule has 0 amide bonds. The highest BCUT2D eigenvalue weighted by Crippen LogP contribution is 2.35. The minimum atomic E-state index is 0.356. The van der Waals surface area contributed by atoms with Gasteiger partial charge in [-0.15, -0.1) is 10.2 Å². The molecule has 0 atom stereocenters. The average Bonchev–Trinajstić information content (AvgIpc) is 3.32. The van der Waals surface area contributed by atoms with Gasteiger partial charge in [-0.25, -0.2) is 0 Å². The fourth-order valence-electron chi connectivity index (χ4n) is 3.14. The van der Waals surface area contributed by atoms with Crippen molar-refractivity contribution in [3.63, 3.8) is 0 Å². The number of aromatic nitrogens is 3. The first kappa shape index (κ1) is 17.4. The second-order valence-electron chi connectivity index (χ2n) is 6.34. The van der Waals surface area contributed by atoms with Gasteiger partial charge in [0.05, 0.1) is 0 Å². The van der Waals surface area contributed by atoms with Crippen LogP contribution in [0.25, 0.3) is 5.69 Å². The first-order valence-corrected chi connectivity index (χ1v) is 10.1. The van der Waals surface area contributed by atoms with Crippen LogP contribution in [0.5, 0.6) is 5.75 Å². The predicted octanol–water partition coefficient (Wildman–Crippen LogP) is 5.53. The minimum absolute atomic E-state index is 0.356. The van der Waals surface area contributed by atoms with Gasteiger partial charge in [-0.3, -0.25) is 4.57 Å². The van der Waals surface area contributed by atoms with Crippen molar-refractivity contribution < 1.29 is 4.74 Å². The highest BCUT2D eigenvalue weighted by Gasteiger charge is 2.22. The maximum absolute atomic E-state index is 5.93. The lowest BCUT2D eigenvalue weighted by molar-refractivity contribution is 0.293. The van der Waals surface area contributed by atoms with Crippen LogP contribution in [0.4, 0.5) is 0 Å². The molecule has 1 aliphatic rings. The SMILES string of the molecule is Clc1ccc(OCc2nnc(SC3CCCC3)n2-c2ccccc2)cc1. The second-order valence-corrected chi connectivity index (χ2v) is 8.04. The number of rotatable bonds is 6. The van der Waals surface area contributed by atoms with Crippen molar-refractivity contribution in [3.05, 3.63) is 65.4 Å². The zero-order valence-electron chi connectivity index (χ0n) is 14.3. The maximum atomic E-state index is 5.93. The van der Waals surface area contributed by atoms with Gasteiger partial charge in [-0.1, -0.05) is 54.4 Å². The van der Waals surface area contributed by atoms with Crippen LogP contribution in [0.3, 0.4) is 0 Å². The number of para-hydroxylation sites is 1. The van der Waals surface area contributed by atoms with E-state index in [1.54, 1.807) is 0 Å². The third-order valence-corrected chi connectivity index (χ3v) is 6.00. The quantitative estimate of drug-likeness (QED) is 0.559. The second kappa shape index (κ2) is 8.14. The Hall–Kier alpha value is -1.98. The molecule has 1 aliphatic carbocycles. The van der Waals surface area contributed by atoms with Crippen molar-refractivity contribution in [2.24, 2.45) is 0 Å². The van der Waals surface area contributed by atoms with Crippen LogP contribution in [0, 0.1) is 0 Å². The van der Waals surface area contributed by atoms with E-state index in [1.807, 2.05) is 54.2 Å². The summed E-state index contributed by atoms with van der Waals surface area (Å²) in [4.78, 5) is 0. The van der Waals surface area contributed by atoms with Gasteiger partial charge in [0.1, 0.15) is 12.4 Å². The van der Waals surface area contributed by atoms with Gasteiger partial charge in [0.25, 0.3) is 0 Å². The number of hydrogen-bond acceptors (Lipinski definition) is 4. The Balaban J connectivity index is 1.58. The smallest absolute Gasteiger partial charge is 0.196 e. The zero-order chi connectivity index (χ0) is 17.8. The first-order valence-electron chi connectivity index (χ1n) is 8.84. The van der Waals surface area contributed by atoms with Crippen LogP contribution in [0.2, 0.25) is 5.02 Å². The van der Waals surface area contributed by atoms with Crippen molar-refractivity contribution >= 4 is 23.4 Å². The van der Waals surface area contributed by atoms with E-state index in [-0.39, 0.29) is 0 Å². The third-order valence-electron chi connectivity index (χ3n) is 4.47. The van der Waals surface area contributed by atoms with Gasteiger partial charge in [0.15, 0.2) is 11.0 Å². The van der Waals surface area contributed by atoms with Crippen molar-refractivity contribution in [2.75, 3.05) is 0 Å². The molecule has 0 unspecified atom stereocenters. The molecule has 0 radical (unpaired) electrons. The van der Waals surface area contributed by atoms with E-state index in [4.69, 9.17) is 16.3 Å². The number of benzene rings is 2. The normalized spacial score (nSPS) is 14.7. The Kier molecular flexibility index (Phi) is 5.46. The minimum Gasteiger partial charge on any atom is -0.486 e. The summed E-state index contributed by atoms with van der Waals surface area (Å²) in [5.74, 6) is 1.56. The fraction of sp³-hybridized carbons (Fsp3) is 0.300. The van der Waals surface area contributed by atoms with E-state index in [0.29, 0.717) is 16.9 Å². The molecule has 3 aromatic rings. The molecule has 4 rings (SSSR count). The van der Waals surface area contributed by atoms with Crippen molar-refractivity contribution in [2.45, 2.75) is 42.7 Å². The molecule has 0 spiro atoms. The van der Waals surface area contributed by atoms with Gasteiger partial charge in [0.2, 0.25) is 0 Å². The Labute approximate surface area is 162 Å². The predicted molar refractivity (Wildman–Crippen MR) is 105 cm³/mol. The summed E-state index contributed by atoms with van der Waals surface area (Å²) < 4.78 is 8.01. The molecule has 26 heavy (non-hydrogen) atoms. The summed E-state index contributed by atoms with van der Waals surface area (Å²) in [6.45, 7) is 0.356. The topological polar surface area (TPSA) is 39.9 Å². The van der Waals surface area contributed by atoms with Crippen molar-refractivity contribution in [1.29, 1.82) is 0 Å². The first-order chi connectivity index (χ1) is 12.8. The summed E-state index contributed by atoms with van der Waals surface area (Å²) >= 11 is 7.77. The lowest BCUT2D eigenvalue weighted by atomic mass is 10.3. The lowest BCUT2D eigenvalue weighted by Gasteiger charge is -2.13. The summed E-state index contributed by atoms with van der Waals surface area (Å²) in [5, 5.41) is 11.1. The number of hydrogen-bond donors (Lipinski definition) is 0. The molecular formula is C20H20ClN3OS. The lowest BCUT2D eigenvalue weighted by Crippen LogP contribution is -2.07. The molecule has 1 saturated carbocycles. The molecule has 0 N–H and O–H groups in total. The van der Waals surface area contributed by atoms with E-state index < -0.39 is 0 Å². The van der Waals surface area contributed by atoms with Gasteiger partial charge in [-0.2, -0.15) is 0 Å². The van der Waals surface area contributed by atoms with Crippen LogP contribution in [-0.4, -0.2) is 20.0 Å². The van der Waals surface area contributed by atoms with Crippen molar-refractivity contribution in [1.82, 2.24) is 14.8 Å². The van der Waals surface area contributed by atoms with E-state index in [0.717, 1.165) is 22.4 Å². The highest BCUT2D eigenvalue weighted by molar-refractivity contribution is 7.99. The largest absolute Gasteiger partial charge is 0.486 e. The molecule has 4 nitrogen and oxygen atoms in total. The average molecular weight is 386 g/mol. The highest BCUT2D eigenvalue weighted by atomic mass is 35.5. The fourth-order valence-corrected chi connectivity index (χ4v) is 4.54. The molecule has 0 aliphatic heterocycles. The van der Waals surface area contributed by atoms with E-state index in [2.05, 4.69) is 26.9 Å². The van der Waals surface area contributed by atoms with Gasteiger partial charge in [0, 0.05) is 16.0 Å². The molecule has 134 valence electrons. The van der Waals surface area contributed by atoms with Crippen LogP contribution in [0.1, 0.15) is 31.5 Å². The Bertz CT molecular complexity index is 845.